The Balaban J connectivity index is 1.72. The Bertz CT molecular complexity index is 637. The first-order chi connectivity index (χ1) is 13.2. The molecule has 0 atom stereocenters. The first-order valence-electron chi connectivity index (χ1n) is 10.6. The van der Waals surface area contributed by atoms with Crippen LogP contribution >= 0.6 is 22.7 Å². The van der Waals surface area contributed by atoms with E-state index in [1.165, 1.54) is 19.5 Å². The highest BCUT2D eigenvalue weighted by atomic mass is 32.1. The van der Waals surface area contributed by atoms with Gasteiger partial charge in [-0.25, -0.2) is 0 Å². The molecule has 158 valence electrons. The zero-order valence-electron chi connectivity index (χ0n) is 18.1. The van der Waals surface area contributed by atoms with Gasteiger partial charge in [0.25, 0.3) is 0 Å². The van der Waals surface area contributed by atoms with Gasteiger partial charge < -0.3 is 10.2 Å². The number of thiophene rings is 2. The molecule has 2 aromatic rings. The second kappa shape index (κ2) is 10.9. The van der Waals surface area contributed by atoms with Crippen molar-refractivity contribution < 1.29 is 10.2 Å². The van der Waals surface area contributed by atoms with Crippen molar-refractivity contribution in [1.82, 2.24) is 0 Å². The van der Waals surface area contributed by atoms with Crippen LogP contribution in [0.25, 0.3) is 0 Å². The van der Waals surface area contributed by atoms with Crippen LogP contribution in [0.15, 0.2) is 24.3 Å². The summed E-state index contributed by atoms with van der Waals surface area (Å²) in [5, 5.41) is 18.7. The molecule has 0 spiro atoms. The summed E-state index contributed by atoms with van der Waals surface area (Å²) in [5.41, 5.74) is 0.0929. The van der Waals surface area contributed by atoms with Crippen molar-refractivity contribution in [1.29, 1.82) is 0 Å². The van der Waals surface area contributed by atoms with Crippen LogP contribution in [-0.2, 0) is 25.7 Å². The van der Waals surface area contributed by atoms with Gasteiger partial charge in [-0.05, 0) is 86.5 Å². The fraction of sp³-hybridized carbons (Fsp3) is 0.667. The molecule has 0 aliphatic rings. The summed E-state index contributed by atoms with van der Waals surface area (Å²) in [6.45, 7) is 9.08. The molecule has 0 aliphatic carbocycles. The molecule has 0 saturated carbocycles. The van der Waals surface area contributed by atoms with E-state index in [0.717, 1.165) is 51.4 Å². The van der Waals surface area contributed by atoms with Gasteiger partial charge >= 0.3 is 0 Å². The first kappa shape index (κ1) is 23.6. The Morgan fingerprint density at radius 3 is 1.25 bits per heavy atom. The van der Waals surface area contributed by atoms with Crippen molar-refractivity contribution in [3.05, 3.63) is 43.8 Å². The lowest BCUT2D eigenvalue weighted by Crippen LogP contribution is -2.16. The van der Waals surface area contributed by atoms with Crippen molar-refractivity contribution in [3.63, 3.8) is 0 Å². The highest BCUT2D eigenvalue weighted by Gasteiger charge is 2.16. The first-order valence-corrected chi connectivity index (χ1v) is 12.2. The molecule has 4 heteroatoms. The summed E-state index contributed by atoms with van der Waals surface area (Å²) in [5.74, 6) is 0. The third-order valence-electron chi connectivity index (χ3n) is 5.46. The van der Waals surface area contributed by atoms with E-state index in [4.69, 9.17) is 0 Å². The van der Waals surface area contributed by atoms with Gasteiger partial charge in [-0.2, -0.15) is 0 Å². The monoisotopic (exact) mass is 422 g/mol. The number of hydrogen-bond acceptors (Lipinski definition) is 4. The zero-order chi connectivity index (χ0) is 20.6. The Hall–Kier alpha value is -0.680. The molecule has 28 heavy (non-hydrogen) atoms. The molecule has 0 aliphatic heterocycles. The van der Waals surface area contributed by atoms with Crippen LogP contribution in [-0.4, -0.2) is 23.4 Å². The molecule has 0 amide bonds. The zero-order valence-corrected chi connectivity index (χ0v) is 19.7. The second-order valence-electron chi connectivity index (χ2n) is 9.59. The highest BCUT2D eigenvalue weighted by molar-refractivity contribution is 7.12. The predicted molar refractivity (Wildman–Crippen MR) is 124 cm³/mol. The van der Waals surface area contributed by atoms with Crippen LogP contribution < -0.4 is 0 Å². The summed E-state index contributed by atoms with van der Waals surface area (Å²) in [6, 6.07) is 9.16. The van der Waals surface area contributed by atoms with Crippen molar-refractivity contribution in [2.45, 2.75) is 79.1 Å². The molecular weight excluding hydrogens is 384 g/mol. The van der Waals surface area contributed by atoms with Crippen LogP contribution in [0.5, 0.6) is 0 Å². The van der Waals surface area contributed by atoms with E-state index in [9.17, 15) is 10.2 Å². The Morgan fingerprint density at radius 2 is 0.929 bits per heavy atom. The fourth-order valence-electron chi connectivity index (χ4n) is 3.27. The summed E-state index contributed by atoms with van der Waals surface area (Å²) in [7, 11) is 0. The number of aryl methyl sites for hydroxylation is 4. The maximum Gasteiger partial charge on any atom is 0.0482 e. The fourth-order valence-corrected chi connectivity index (χ4v) is 5.39. The standard InChI is InChI=1S/C24H38O2S2/c1-23(2,17-25)15-5-7-19-9-11-21(27-19)13-14-22-12-10-20(28-22)8-6-16-24(3,4)18-26/h9-12,25-26H,5-8,13-18H2,1-4H3. The number of aliphatic hydroxyl groups excluding tert-OH is 2. The second-order valence-corrected chi connectivity index (χ2v) is 12.1. The molecular formula is C24H38O2S2. The molecule has 2 nitrogen and oxygen atoms in total. The summed E-state index contributed by atoms with van der Waals surface area (Å²) in [6.07, 6.45) is 8.95. The van der Waals surface area contributed by atoms with E-state index in [1.54, 1.807) is 0 Å². The van der Waals surface area contributed by atoms with Crippen molar-refractivity contribution in [2.24, 2.45) is 10.8 Å². The third-order valence-corrected chi connectivity index (χ3v) is 7.87. The number of aliphatic hydroxyl groups is 2. The van der Waals surface area contributed by atoms with Crippen molar-refractivity contribution in [2.75, 3.05) is 13.2 Å². The highest BCUT2D eigenvalue weighted by Crippen LogP contribution is 2.27. The Morgan fingerprint density at radius 1 is 0.607 bits per heavy atom. The van der Waals surface area contributed by atoms with Gasteiger partial charge in [-0.15, -0.1) is 22.7 Å². The Kier molecular flexibility index (Phi) is 9.20. The third kappa shape index (κ3) is 8.36. The van der Waals surface area contributed by atoms with Crippen LogP contribution in [0.3, 0.4) is 0 Å². The minimum absolute atomic E-state index is 0.0464. The van der Waals surface area contributed by atoms with E-state index < -0.39 is 0 Å². The largest absolute Gasteiger partial charge is 0.396 e. The Labute approximate surface area is 179 Å². The molecule has 2 rings (SSSR count). The lowest BCUT2D eigenvalue weighted by molar-refractivity contribution is 0.148. The average molecular weight is 423 g/mol. The molecule has 2 heterocycles. The molecule has 0 bridgehead atoms. The molecule has 0 fully saturated rings. The number of hydrogen-bond donors (Lipinski definition) is 2. The van der Waals surface area contributed by atoms with Crippen LogP contribution in [0, 0.1) is 10.8 Å². The van der Waals surface area contributed by atoms with E-state index in [0.29, 0.717) is 0 Å². The summed E-state index contributed by atoms with van der Waals surface area (Å²) >= 11 is 3.91. The molecule has 0 aromatic carbocycles. The van der Waals surface area contributed by atoms with E-state index >= 15 is 0 Å². The minimum atomic E-state index is 0.0464. The normalized spacial score (nSPS) is 12.6. The molecule has 2 N–H and O–H groups in total. The predicted octanol–water partition coefficient (Wildman–Crippen LogP) is 6.28. The average Bonchev–Trinajstić information content (AvgIpc) is 3.29. The maximum absolute atomic E-state index is 9.36. The summed E-state index contributed by atoms with van der Waals surface area (Å²) < 4.78 is 0. The molecule has 2 aromatic heterocycles. The summed E-state index contributed by atoms with van der Waals surface area (Å²) in [4.78, 5) is 5.91. The van der Waals surface area contributed by atoms with Gasteiger partial charge in [0.1, 0.15) is 0 Å². The van der Waals surface area contributed by atoms with Crippen LogP contribution in [0.2, 0.25) is 0 Å². The van der Waals surface area contributed by atoms with Gasteiger partial charge in [0, 0.05) is 32.7 Å². The van der Waals surface area contributed by atoms with Crippen LogP contribution in [0.1, 0.15) is 72.9 Å². The van der Waals surface area contributed by atoms with Crippen molar-refractivity contribution >= 4 is 22.7 Å². The molecule has 0 unspecified atom stereocenters. The van der Waals surface area contributed by atoms with Crippen molar-refractivity contribution in [3.8, 4) is 0 Å². The topological polar surface area (TPSA) is 40.5 Å². The molecule has 0 saturated heterocycles. The van der Waals surface area contributed by atoms with E-state index in [2.05, 4.69) is 52.0 Å². The number of rotatable bonds is 13. The lowest BCUT2D eigenvalue weighted by Gasteiger charge is -2.20. The van der Waals surface area contributed by atoms with Gasteiger partial charge in [-0.3, -0.25) is 0 Å². The quantitative estimate of drug-likeness (QED) is 0.399. The van der Waals surface area contributed by atoms with E-state index in [-0.39, 0.29) is 24.0 Å². The lowest BCUT2D eigenvalue weighted by atomic mass is 9.88. The SMILES string of the molecule is CC(C)(CO)CCCc1ccc(CCc2ccc(CCCC(C)(C)CO)s2)s1. The van der Waals surface area contributed by atoms with Gasteiger partial charge in [0.15, 0.2) is 0 Å². The van der Waals surface area contributed by atoms with E-state index in [1.807, 2.05) is 22.7 Å². The van der Waals surface area contributed by atoms with Crippen LogP contribution in [0.4, 0.5) is 0 Å². The maximum atomic E-state index is 9.36. The molecule has 0 radical (unpaired) electrons. The minimum Gasteiger partial charge on any atom is -0.396 e. The smallest absolute Gasteiger partial charge is 0.0482 e. The van der Waals surface area contributed by atoms with Gasteiger partial charge in [0.05, 0.1) is 0 Å². The van der Waals surface area contributed by atoms with Gasteiger partial charge in [-0.1, -0.05) is 27.7 Å². The van der Waals surface area contributed by atoms with Gasteiger partial charge in [0.2, 0.25) is 0 Å².